The zero-order valence-corrected chi connectivity index (χ0v) is 19.0. The highest BCUT2D eigenvalue weighted by Gasteiger charge is 2.37. The first-order valence-corrected chi connectivity index (χ1v) is 12.1. The number of hydrazone groups is 1. The Morgan fingerprint density at radius 1 is 1.23 bits per heavy atom. The fraction of sp³-hybridized carbons (Fsp3) is 0.571. The molecule has 2 amide bonds. The normalized spacial score (nSPS) is 20.4. The number of carbonyl (C=O) groups is 2. The summed E-state index contributed by atoms with van der Waals surface area (Å²) in [5.74, 6) is 0.837. The Morgan fingerprint density at radius 3 is 2.61 bits per heavy atom. The highest BCUT2D eigenvalue weighted by atomic mass is 32.2. The van der Waals surface area contributed by atoms with E-state index in [-0.39, 0.29) is 36.2 Å². The van der Waals surface area contributed by atoms with Gasteiger partial charge in [0.2, 0.25) is 5.91 Å². The molecule has 0 aromatic heterocycles. The van der Waals surface area contributed by atoms with E-state index in [2.05, 4.69) is 5.10 Å². The van der Waals surface area contributed by atoms with Gasteiger partial charge in [-0.1, -0.05) is 6.07 Å². The molecule has 0 aliphatic carbocycles. The molecule has 0 N–H and O–H groups in total. The fourth-order valence-electron chi connectivity index (χ4n) is 3.86. The second kappa shape index (κ2) is 9.67. The number of nitrogens with zero attached hydrogens (tertiary/aromatic N) is 3. The molecule has 1 unspecified atom stereocenters. The molecule has 3 rings (SSSR count). The second-order valence-corrected chi connectivity index (χ2v) is 10.1. The van der Waals surface area contributed by atoms with Crippen LogP contribution in [0.15, 0.2) is 23.3 Å². The lowest BCUT2D eigenvalue weighted by Crippen LogP contribution is -2.44. The number of carbonyl (C=O) groups excluding carboxylic acids is 2. The lowest BCUT2D eigenvalue weighted by molar-refractivity contribution is -0.134. The van der Waals surface area contributed by atoms with Crippen molar-refractivity contribution in [3.05, 3.63) is 23.8 Å². The van der Waals surface area contributed by atoms with Gasteiger partial charge < -0.3 is 14.4 Å². The summed E-state index contributed by atoms with van der Waals surface area (Å²) < 4.78 is 34.1. The molecule has 1 atom stereocenters. The van der Waals surface area contributed by atoms with Gasteiger partial charge in [0.1, 0.15) is 5.71 Å². The predicted octanol–water partition coefficient (Wildman–Crippen LogP) is 1.26. The third kappa shape index (κ3) is 5.55. The van der Waals surface area contributed by atoms with Crippen molar-refractivity contribution in [1.29, 1.82) is 0 Å². The van der Waals surface area contributed by atoms with Crippen LogP contribution in [0.25, 0.3) is 0 Å². The van der Waals surface area contributed by atoms with E-state index >= 15 is 0 Å². The Morgan fingerprint density at radius 2 is 1.97 bits per heavy atom. The Balaban J connectivity index is 1.58. The summed E-state index contributed by atoms with van der Waals surface area (Å²) in [6, 6.07) is 5.27. The Hall–Kier alpha value is -2.62. The largest absolute Gasteiger partial charge is 0.493 e. The van der Waals surface area contributed by atoms with Gasteiger partial charge in [0.05, 0.1) is 31.8 Å². The minimum absolute atomic E-state index is 0.0519. The molecule has 9 nitrogen and oxygen atoms in total. The third-order valence-corrected chi connectivity index (χ3v) is 7.36. The van der Waals surface area contributed by atoms with Crippen LogP contribution in [0.1, 0.15) is 31.2 Å². The minimum atomic E-state index is -3.15. The van der Waals surface area contributed by atoms with Gasteiger partial charge in [-0.3, -0.25) is 9.59 Å². The number of methoxy groups -OCH3 is 2. The lowest BCUT2D eigenvalue weighted by atomic mass is 10.1. The van der Waals surface area contributed by atoms with Crippen molar-refractivity contribution < 1.29 is 27.5 Å². The minimum Gasteiger partial charge on any atom is -0.493 e. The van der Waals surface area contributed by atoms with Crippen LogP contribution in [0.5, 0.6) is 11.5 Å². The Bertz CT molecular complexity index is 975. The Kier molecular flexibility index (Phi) is 7.19. The van der Waals surface area contributed by atoms with E-state index in [1.807, 2.05) is 18.2 Å². The molecule has 2 heterocycles. The van der Waals surface area contributed by atoms with Crippen molar-refractivity contribution in [2.75, 3.05) is 39.3 Å². The van der Waals surface area contributed by atoms with Crippen molar-refractivity contribution >= 4 is 27.4 Å². The van der Waals surface area contributed by atoms with Crippen molar-refractivity contribution in [3.8, 4) is 11.5 Å². The summed E-state index contributed by atoms with van der Waals surface area (Å²) in [7, 11) is 1.74. The Labute approximate surface area is 182 Å². The number of hydrogen-bond acceptors (Lipinski definition) is 7. The molecule has 0 spiro atoms. The van der Waals surface area contributed by atoms with Gasteiger partial charge in [-0.15, -0.1) is 0 Å². The van der Waals surface area contributed by atoms with Crippen LogP contribution < -0.4 is 9.47 Å². The summed E-state index contributed by atoms with van der Waals surface area (Å²) in [5.41, 5.74) is 1.38. The van der Waals surface area contributed by atoms with Crippen LogP contribution >= 0.6 is 0 Å². The summed E-state index contributed by atoms with van der Waals surface area (Å²) >= 11 is 0. The van der Waals surface area contributed by atoms with Crippen LogP contribution in [0.2, 0.25) is 0 Å². The summed E-state index contributed by atoms with van der Waals surface area (Å²) in [6.45, 7) is 0.526. The molecule has 2 aliphatic rings. The number of aryl methyl sites for hydroxylation is 1. The molecule has 1 fully saturated rings. The van der Waals surface area contributed by atoms with Crippen molar-refractivity contribution in [3.63, 3.8) is 0 Å². The predicted molar refractivity (Wildman–Crippen MR) is 116 cm³/mol. The third-order valence-electron chi connectivity index (χ3n) is 5.61. The molecular formula is C21H29N3O6S. The zero-order chi connectivity index (χ0) is 22.6. The van der Waals surface area contributed by atoms with Gasteiger partial charge in [-0.2, -0.15) is 5.10 Å². The second-order valence-electron chi connectivity index (χ2n) is 7.86. The molecule has 1 aromatic carbocycles. The zero-order valence-electron chi connectivity index (χ0n) is 18.2. The van der Waals surface area contributed by atoms with E-state index < -0.39 is 15.9 Å². The molecule has 1 saturated heterocycles. The maximum absolute atomic E-state index is 12.8. The average Bonchev–Trinajstić information content (AvgIpc) is 3.12. The molecule has 0 bridgehead atoms. The van der Waals surface area contributed by atoms with Crippen LogP contribution in [0.4, 0.5) is 0 Å². The molecule has 0 radical (unpaired) electrons. The number of benzene rings is 1. The van der Waals surface area contributed by atoms with Gasteiger partial charge in [0, 0.05) is 26.4 Å². The van der Waals surface area contributed by atoms with Gasteiger partial charge >= 0.3 is 0 Å². The topological polar surface area (TPSA) is 106 Å². The molecule has 2 aliphatic heterocycles. The van der Waals surface area contributed by atoms with Crippen molar-refractivity contribution in [1.82, 2.24) is 9.91 Å². The molecule has 170 valence electrons. The monoisotopic (exact) mass is 451 g/mol. The SMILES string of the molecule is COc1ccc(CCCN(C)C(=O)C2=NN(C3CCS(=O)(=O)C3)C(=O)CC2)cc1OC. The fourth-order valence-corrected chi connectivity index (χ4v) is 5.55. The van der Waals surface area contributed by atoms with Gasteiger partial charge in [-0.05, 0) is 37.0 Å². The maximum atomic E-state index is 12.8. The van der Waals surface area contributed by atoms with Crippen LogP contribution in [0.3, 0.4) is 0 Å². The maximum Gasteiger partial charge on any atom is 0.269 e. The highest BCUT2D eigenvalue weighted by molar-refractivity contribution is 7.91. The van der Waals surface area contributed by atoms with E-state index in [4.69, 9.17) is 9.47 Å². The van der Waals surface area contributed by atoms with Gasteiger partial charge in [0.25, 0.3) is 5.91 Å². The number of hydrogen-bond donors (Lipinski definition) is 0. The van der Waals surface area contributed by atoms with Crippen molar-refractivity contribution in [2.24, 2.45) is 5.10 Å². The van der Waals surface area contributed by atoms with Crippen LogP contribution in [0, 0.1) is 0 Å². The van der Waals surface area contributed by atoms with Gasteiger partial charge in [-0.25, -0.2) is 13.4 Å². The molecule has 31 heavy (non-hydrogen) atoms. The van der Waals surface area contributed by atoms with Crippen LogP contribution in [-0.2, 0) is 25.8 Å². The summed E-state index contributed by atoms with van der Waals surface area (Å²) in [5, 5.41) is 5.47. The van der Waals surface area contributed by atoms with E-state index in [0.717, 1.165) is 18.4 Å². The quantitative estimate of drug-likeness (QED) is 0.589. The first-order valence-electron chi connectivity index (χ1n) is 10.3. The number of amides is 2. The van der Waals surface area contributed by atoms with Crippen molar-refractivity contribution in [2.45, 2.75) is 38.1 Å². The van der Waals surface area contributed by atoms with Gasteiger partial charge in [0.15, 0.2) is 21.3 Å². The van der Waals surface area contributed by atoms with Crippen LogP contribution in [-0.4, -0.2) is 81.2 Å². The summed E-state index contributed by atoms with van der Waals surface area (Å²) in [6.07, 6.45) is 2.30. The summed E-state index contributed by atoms with van der Waals surface area (Å²) in [4.78, 5) is 26.7. The molecular weight excluding hydrogens is 422 g/mol. The van der Waals surface area contributed by atoms with E-state index in [1.54, 1.807) is 26.2 Å². The molecule has 1 aromatic rings. The number of sulfone groups is 1. The lowest BCUT2D eigenvalue weighted by Gasteiger charge is -2.29. The van der Waals surface area contributed by atoms with E-state index in [9.17, 15) is 18.0 Å². The van der Waals surface area contributed by atoms with E-state index in [1.165, 1.54) is 5.01 Å². The smallest absolute Gasteiger partial charge is 0.269 e. The van der Waals surface area contributed by atoms with E-state index in [0.29, 0.717) is 30.2 Å². The standard InChI is InChI=1S/C21H29N3O6S/c1-23(11-4-5-15-6-8-18(29-2)19(13-15)30-3)21(26)17-7-9-20(25)24(22-17)16-10-12-31(27,28)14-16/h6,8,13,16H,4-5,7,9-12,14H2,1-3H3. The number of ether oxygens (including phenoxy) is 2. The average molecular weight is 452 g/mol. The first-order chi connectivity index (χ1) is 14.7. The first kappa shape index (κ1) is 23.1. The highest BCUT2D eigenvalue weighted by Crippen LogP contribution is 2.28. The number of rotatable bonds is 8. The molecule has 0 saturated carbocycles. The molecule has 10 heteroatoms.